The van der Waals surface area contributed by atoms with Gasteiger partial charge in [0.1, 0.15) is 5.52 Å². The number of hydrogen-bond acceptors (Lipinski definition) is 4. The molecule has 1 aliphatic heterocycles. The van der Waals surface area contributed by atoms with Crippen LogP contribution in [0.3, 0.4) is 0 Å². The molecule has 3 aromatic rings. The van der Waals surface area contributed by atoms with Crippen LogP contribution in [0.15, 0.2) is 22.1 Å². The maximum absolute atomic E-state index is 12.9. The quantitative estimate of drug-likeness (QED) is 0.653. The number of carbonyl (C=O) groups excluding carboxylic acids is 1. The van der Waals surface area contributed by atoms with E-state index in [0.29, 0.717) is 22.9 Å². The van der Waals surface area contributed by atoms with Crippen LogP contribution in [-0.2, 0) is 6.42 Å². The lowest BCUT2D eigenvalue weighted by Crippen LogP contribution is -2.38. The first-order chi connectivity index (χ1) is 11.0. The Labute approximate surface area is 149 Å². The Morgan fingerprint density at radius 1 is 1.48 bits per heavy atom. The molecule has 0 radical (unpaired) electrons. The molecule has 0 unspecified atom stereocenters. The monoisotopic (exact) mass is 410 g/mol. The van der Waals surface area contributed by atoms with Gasteiger partial charge in [-0.1, -0.05) is 17.7 Å². The summed E-state index contributed by atoms with van der Waals surface area (Å²) in [6.45, 7) is 2.66. The van der Waals surface area contributed by atoms with Gasteiger partial charge >= 0.3 is 0 Å². The summed E-state index contributed by atoms with van der Waals surface area (Å²) in [4.78, 5) is 27.8. The number of fused-ring (bicyclic) bond motifs is 2. The minimum absolute atomic E-state index is 0.0151. The van der Waals surface area contributed by atoms with Crippen molar-refractivity contribution < 1.29 is 4.79 Å². The molecular formula is C15H12BrClN4OS. The van der Waals surface area contributed by atoms with Crippen LogP contribution in [0.25, 0.3) is 11.0 Å². The van der Waals surface area contributed by atoms with E-state index in [1.54, 1.807) is 17.4 Å². The zero-order valence-electron chi connectivity index (χ0n) is 12.1. The van der Waals surface area contributed by atoms with E-state index in [9.17, 15) is 4.79 Å². The molecule has 3 heterocycles. The van der Waals surface area contributed by atoms with Gasteiger partial charge in [0.2, 0.25) is 0 Å². The first kappa shape index (κ1) is 15.1. The van der Waals surface area contributed by atoms with Crippen molar-refractivity contribution in [1.29, 1.82) is 0 Å². The molecule has 1 atom stereocenters. The van der Waals surface area contributed by atoms with E-state index in [1.165, 1.54) is 0 Å². The van der Waals surface area contributed by atoms with Crippen molar-refractivity contribution in [3.8, 4) is 0 Å². The van der Waals surface area contributed by atoms with Crippen LogP contribution < -0.4 is 0 Å². The predicted molar refractivity (Wildman–Crippen MR) is 94.1 cm³/mol. The zero-order chi connectivity index (χ0) is 16.1. The van der Waals surface area contributed by atoms with Crippen LogP contribution >= 0.6 is 38.9 Å². The molecule has 23 heavy (non-hydrogen) atoms. The van der Waals surface area contributed by atoms with Crippen LogP contribution in [0.2, 0.25) is 5.02 Å². The number of hydrogen-bond donors (Lipinski definition) is 1. The highest BCUT2D eigenvalue weighted by atomic mass is 79.9. The number of H-pyrrole nitrogens is 1. The molecule has 0 fully saturated rings. The third kappa shape index (κ3) is 2.47. The lowest BCUT2D eigenvalue weighted by Gasteiger charge is -2.31. The predicted octanol–water partition coefficient (Wildman–Crippen LogP) is 4.19. The molecule has 0 saturated carbocycles. The lowest BCUT2D eigenvalue weighted by molar-refractivity contribution is 0.0669. The van der Waals surface area contributed by atoms with Crippen molar-refractivity contribution in [2.75, 3.05) is 6.54 Å². The minimum atomic E-state index is -0.111. The standard InChI is InChI=1S/C15H12BrClN4OS/c1-7-12-10(19-15(16)23-12)5-6-21(7)14(22)13-18-9-4-2-3-8(17)11(9)20-13/h2-4,7H,5-6H2,1H3,(H,18,20)/t7-/m1/s1. The van der Waals surface area contributed by atoms with Gasteiger partial charge < -0.3 is 9.88 Å². The zero-order valence-corrected chi connectivity index (χ0v) is 15.3. The number of amides is 1. The number of imidazole rings is 1. The number of para-hydroxylation sites is 1. The fourth-order valence-corrected chi connectivity index (χ4v) is 4.77. The SMILES string of the molecule is C[C@@H]1c2sc(Br)nc2CCN1C(=O)c1nc2c(Cl)cccc2[nH]1. The molecule has 1 aliphatic rings. The number of benzene rings is 1. The molecule has 5 nitrogen and oxygen atoms in total. The van der Waals surface area contributed by atoms with E-state index in [-0.39, 0.29) is 11.9 Å². The first-order valence-electron chi connectivity index (χ1n) is 7.15. The summed E-state index contributed by atoms with van der Waals surface area (Å²) in [5.74, 6) is 0.215. The van der Waals surface area contributed by atoms with Gasteiger partial charge in [0.25, 0.3) is 5.91 Å². The summed E-state index contributed by atoms with van der Waals surface area (Å²) in [7, 11) is 0. The Bertz CT molecular complexity index is 921. The highest BCUT2D eigenvalue weighted by molar-refractivity contribution is 9.11. The van der Waals surface area contributed by atoms with E-state index in [1.807, 2.05) is 24.0 Å². The summed E-state index contributed by atoms with van der Waals surface area (Å²) >= 11 is 11.1. The lowest BCUT2D eigenvalue weighted by atomic mass is 10.1. The molecule has 118 valence electrons. The Kier molecular flexibility index (Phi) is 3.66. The second-order valence-corrected chi connectivity index (χ2v) is 8.14. The van der Waals surface area contributed by atoms with Crippen LogP contribution in [0.4, 0.5) is 0 Å². The number of thiazole rings is 1. The number of nitrogens with zero attached hydrogens (tertiary/aromatic N) is 3. The summed E-state index contributed by atoms with van der Waals surface area (Å²) < 4.78 is 0.860. The number of aromatic amines is 1. The summed E-state index contributed by atoms with van der Waals surface area (Å²) in [6.07, 6.45) is 0.758. The van der Waals surface area contributed by atoms with Crippen molar-refractivity contribution in [2.24, 2.45) is 0 Å². The van der Waals surface area contributed by atoms with Crippen LogP contribution in [-0.4, -0.2) is 32.3 Å². The van der Waals surface area contributed by atoms with Crippen molar-refractivity contribution in [2.45, 2.75) is 19.4 Å². The van der Waals surface area contributed by atoms with Crippen LogP contribution in [0, 0.1) is 0 Å². The molecule has 1 N–H and O–H groups in total. The van der Waals surface area contributed by atoms with Gasteiger partial charge in [-0.15, -0.1) is 11.3 Å². The van der Waals surface area contributed by atoms with Gasteiger partial charge in [0.05, 0.1) is 27.2 Å². The topological polar surface area (TPSA) is 61.9 Å². The van der Waals surface area contributed by atoms with Crippen molar-refractivity contribution >= 4 is 55.8 Å². The van der Waals surface area contributed by atoms with E-state index in [2.05, 4.69) is 30.9 Å². The van der Waals surface area contributed by atoms with Gasteiger partial charge in [0.15, 0.2) is 9.74 Å². The summed E-state index contributed by atoms with van der Waals surface area (Å²) in [5.41, 5.74) is 2.47. The van der Waals surface area contributed by atoms with E-state index < -0.39 is 0 Å². The van der Waals surface area contributed by atoms with E-state index in [0.717, 1.165) is 26.4 Å². The molecule has 4 rings (SSSR count). The number of nitrogens with one attached hydrogen (secondary N) is 1. The van der Waals surface area contributed by atoms with Crippen molar-refractivity contribution in [3.63, 3.8) is 0 Å². The Hall–Kier alpha value is -1.44. The summed E-state index contributed by atoms with van der Waals surface area (Å²) in [6, 6.07) is 5.45. The average Bonchev–Trinajstić information content (AvgIpc) is 3.11. The highest BCUT2D eigenvalue weighted by Gasteiger charge is 2.32. The normalized spacial score (nSPS) is 17.5. The molecule has 2 aromatic heterocycles. The van der Waals surface area contributed by atoms with Gasteiger partial charge in [-0.3, -0.25) is 4.79 Å². The van der Waals surface area contributed by atoms with Gasteiger partial charge in [-0.05, 0) is 35.0 Å². The highest BCUT2D eigenvalue weighted by Crippen LogP contribution is 2.36. The van der Waals surface area contributed by atoms with Gasteiger partial charge in [-0.25, -0.2) is 9.97 Å². The third-order valence-electron chi connectivity index (χ3n) is 4.06. The van der Waals surface area contributed by atoms with Gasteiger partial charge in [0, 0.05) is 13.0 Å². The smallest absolute Gasteiger partial charge is 0.290 e. The Morgan fingerprint density at radius 2 is 2.30 bits per heavy atom. The third-order valence-corrected chi connectivity index (χ3v) is 6.09. The maximum Gasteiger partial charge on any atom is 0.290 e. The largest absolute Gasteiger partial charge is 0.334 e. The fourth-order valence-electron chi connectivity index (χ4n) is 2.91. The number of rotatable bonds is 1. The second-order valence-electron chi connectivity index (χ2n) is 5.42. The molecule has 1 aromatic carbocycles. The van der Waals surface area contributed by atoms with E-state index in [4.69, 9.17) is 11.6 Å². The van der Waals surface area contributed by atoms with E-state index >= 15 is 0 Å². The molecule has 1 amide bonds. The molecular weight excluding hydrogens is 400 g/mol. The molecule has 0 aliphatic carbocycles. The number of halogens is 2. The number of carbonyl (C=O) groups is 1. The maximum atomic E-state index is 12.9. The second kappa shape index (κ2) is 5.58. The minimum Gasteiger partial charge on any atom is -0.334 e. The molecule has 0 saturated heterocycles. The molecule has 0 bridgehead atoms. The fraction of sp³-hybridized carbons (Fsp3) is 0.267. The Morgan fingerprint density at radius 3 is 3.09 bits per heavy atom. The summed E-state index contributed by atoms with van der Waals surface area (Å²) in [5, 5.41) is 0.540. The van der Waals surface area contributed by atoms with Crippen LogP contribution in [0.1, 0.15) is 34.2 Å². The van der Waals surface area contributed by atoms with Gasteiger partial charge in [-0.2, -0.15) is 0 Å². The molecule has 8 heteroatoms. The number of aromatic nitrogens is 3. The van der Waals surface area contributed by atoms with Crippen molar-refractivity contribution in [3.05, 3.63) is 43.5 Å². The van der Waals surface area contributed by atoms with Crippen LogP contribution in [0.5, 0.6) is 0 Å². The van der Waals surface area contributed by atoms with Crippen molar-refractivity contribution in [1.82, 2.24) is 19.9 Å². The average molecular weight is 412 g/mol. The Balaban J connectivity index is 1.70. The first-order valence-corrected chi connectivity index (χ1v) is 9.13. The molecule has 0 spiro atoms.